The number of anilines is 1. The van der Waals surface area contributed by atoms with Crippen molar-refractivity contribution in [1.82, 2.24) is 10.2 Å². The highest BCUT2D eigenvalue weighted by Gasteiger charge is 2.35. The summed E-state index contributed by atoms with van der Waals surface area (Å²) in [6.07, 6.45) is 3.53. The average molecular weight is 345 g/mol. The van der Waals surface area contributed by atoms with E-state index < -0.39 is 0 Å². The molecule has 1 saturated heterocycles. The molecule has 3 amide bonds. The van der Waals surface area contributed by atoms with Crippen molar-refractivity contribution < 1.29 is 14.3 Å². The van der Waals surface area contributed by atoms with Gasteiger partial charge in [0.15, 0.2) is 0 Å². The number of hydrogen-bond acceptors (Lipinski definition) is 3. The van der Waals surface area contributed by atoms with Crippen LogP contribution in [0.3, 0.4) is 0 Å². The molecular weight excluding hydrogens is 318 g/mol. The van der Waals surface area contributed by atoms with Crippen molar-refractivity contribution in [3.63, 3.8) is 0 Å². The van der Waals surface area contributed by atoms with Crippen molar-refractivity contribution >= 4 is 17.6 Å². The number of hydrogen-bond donors (Lipinski definition) is 2. The highest BCUT2D eigenvalue weighted by Crippen LogP contribution is 2.35. The van der Waals surface area contributed by atoms with E-state index in [0.29, 0.717) is 43.5 Å². The maximum atomic E-state index is 12.7. The van der Waals surface area contributed by atoms with Crippen molar-refractivity contribution in [2.24, 2.45) is 5.92 Å². The monoisotopic (exact) mass is 345 g/mol. The van der Waals surface area contributed by atoms with Crippen LogP contribution >= 0.6 is 0 Å². The van der Waals surface area contributed by atoms with E-state index >= 15 is 0 Å². The molecule has 1 heterocycles. The summed E-state index contributed by atoms with van der Waals surface area (Å²) in [5, 5.41) is 5.92. The van der Waals surface area contributed by atoms with Gasteiger partial charge in [0.25, 0.3) is 5.91 Å². The number of benzene rings is 1. The zero-order valence-electron chi connectivity index (χ0n) is 15.0. The third-order valence-electron chi connectivity index (χ3n) is 5.27. The molecule has 0 aromatic heterocycles. The summed E-state index contributed by atoms with van der Waals surface area (Å²) in [4.78, 5) is 27.0. The second-order valence-corrected chi connectivity index (χ2v) is 7.38. The Morgan fingerprint density at radius 3 is 2.48 bits per heavy atom. The molecule has 0 bridgehead atoms. The third-order valence-corrected chi connectivity index (χ3v) is 5.27. The smallest absolute Gasteiger partial charge is 0.319 e. The van der Waals surface area contributed by atoms with Crippen molar-refractivity contribution in [2.45, 2.75) is 38.6 Å². The summed E-state index contributed by atoms with van der Waals surface area (Å²) in [7, 11) is 0. The standard InChI is InChI=1S/C19H27N3O3/c1-19(2,14-6-5-7-14)21-18(24)20-16-9-4-3-8-15(16)17(23)22-10-12-25-13-11-22/h3-4,8-9,14H,5-7,10-13H2,1-2H3,(H2,20,21,24). The number of amides is 3. The number of rotatable bonds is 4. The summed E-state index contributed by atoms with van der Waals surface area (Å²) in [6, 6.07) is 6.89. The average Bonchev–Trinajstić information content (AvgIpc) is 2.52. The lowest BCUT2D eigenvalue weighted by Crippen LogP contribution is -2.52. The SMILES string of the molecule is CC(C)(NC(=O)Nc1ccccc1C(=O)N1CCOCC1)C1CCC1. The lowest BCUT2D eigenvalue weighted by Gasteiger charge is -2.40. The number of urea groups is 1. The molecule has 1 aliphatic carbocycles. The first-order chi connectivity index (χ1) is 12.0. The van der Waals surface area contributed by atoms with E-state index in [0.717, 1.165) is 12.8 Å². The van der Waals surface area contributed by atoms with Crippen molar-refractivity contribution in [3.8, 4) is 0 Å². The molecule has 0 spiro atoms. The minimum Gasteiger partial charge on any atom is -0.378 e. The Hall–Kier alpha value is -2.08. The van der Waals surface area contributed by atoms with Gasteiger partial charge in [0.2, 0.25) is 0 Å². The van der Waals surface area contributed by atoms with Crippen LogP contribution in [0.15, 0.2) is 24.3 Å². The second-order valence-electron chi connectivity index (χ2n) is 7.38. The van der Waals surface area contributed by atoms with E-state index in [1.807, 2.05) is 12.1 Å². The van der Waals surface area contributed by atoms with Gasteiger partial charge in [-0.25, -0.2) is 4.79 Å². The van der Waals surface area contributed by atoms with Gasteiger partial charge < -0.3 is 20.3 Å². The van der Waals surface area contributed by atoms with Gasteiger partial charge in [0, 0.05) is 18.6 Å². The molecular formula is C19H27N3O3. The summed E-state index contributed by atoms with van der Waals surface area (Å²) in [5.41, 5.74) is 0.813. The molecule has 1 aromatic carbocycles. The van der Waals surface area contributed by atoms with Gasteiger partial charge in [-0.15, -0.1) is 0 Å². The van der Waals surface area contributed by atoms with Gasteiger partial charge in [-0.05, 0) is 44.7 Å². The number of para-hydroxylation sites is 1. The Labute approximate surface area is 148 Å². The Balaban J connectivity index is 1.67. The largest absolute Gasteiger partial charge is 0.378 e. The number of morpholine rings is 1. The maximum absolute atomic E-state index is 12.7. The van der Waals surface area contributed by atoms with Crippen LogP contribution in [0.2, 0.25) is 0 Å². The molecule has 2 fully saturated rings. The fourth-order valence-electron chi connectivity index (χ4n) is 3.39. The molecule has 1 aliphatic heterocycles. The quantitative estimate of drug-likeness (QED) is 0.881. The van der Waals surface area contributed by atoms with E-state index in [1.165, 1.54) is 6.42 Å². The second kappa shape index (κ2) is 7.44. The van der Waals surface area contributed by atoms with Crippen molar-refractivity contribution in [2.75, 3.05) is 31.6 Å². The maximum Gasteiger partial charge on any atom is 0.319 e. The third kappa shape index (κ3) is 4.12. The number of carbonyl (C=O) groups excluding carboxylic acids is 2. The molecule has 2 N–H and O–H groups in total. The zero-order chi connectivity index (χ0) is 17.9. The van der Waals surface area contributed by atoms with E-state index in [9.17, 15) is 9.59 Å². The van der Waals surface area contributed by atoms with Crippen molar-refractivity contribution in [1.29, 1.82) is 0 Å². The summed E-state index contributed by atoms with van der Waals surface area (Å²) < 4.78 is 5.30. The van der Waals surface area contributed by atoms with E-state index in [1.54, 1.807) is 17.0 Å². The fourth-order valence-corrected chi connectivity index (χ4v) is 3.39. The first-order valence-electron chi connectivity index (χ1n) is 9.02. The van der Waals surface area contributed by atoms with Gasteiger partial charge in [-0.3, -0.25) is 4.79 Å². The summed E-state index contributed by atoms with van der Waals surface area (Å²) in [6.45, 7) is 6.37. The molecule has 136 valence electrons. The van der Waals surface area contributed by atoms with Crippen LogP contribution in [-0.2, 0) is 4.74 Å². The predicted molar refractivity (Wildman–Crippen MR) is 96.7 cm³/mol. The Kier molecular flexibility index (Phi) is 5.27. The van der Waals surface area contributed by atoms with Crippen LogP contribution in [0.25, 0.3) is 0 Å². The normalized spacial score (nSPS) is 18.4. The predicted octanol–water partition coefficient (Wildman–Crippen LogP) is 2.86. The number of nitrogens with one attached hydrogen (secondary N) is 2. The van der Waals surface area contributed by atoms with E-state index in [2.05, 4.69) is 24.5 Å². The van der Waals surface area contributed by atoms with Crippen LogP contribution in [0.5, 0.6) is 0 Å². The minimum atomic E-state index is -0.265. The number of carbonyl (C=O) groups is 2. The molecule has 6 heteroatoms. The van der Waals surface area contributed by atoms with Gasteiger partial charge >= 0.3 is 6.03 Å². The topological polar surface area (TPSA) is 70.7 Å². The molecule has 0 unspecified atom stereocenters. The van der Waals surface area contributed by atoms with Crippen LogP contribution in [0.4, 0.5) is 10.5 Å². The minimum absolute atomic E-state index is 0.0718. The van der Waals surface area contributed by atoms with E-state index in [-0.39, 0.29) is 17.5 Å². The van der Waals surface area contributed by atoms with E-state index in [4.69, 9.17) is 4.74 Å². The fraction of sp³-hybridized carbons (Fsp3) is 0.579. The molecule has 25 heavy (non-hydrogen) atoms. The van der Waals surface area contributed by atoms with Crippen LogP contribution in [0, 0.1) is 5.92 Å². The van der Waals surface area contributed by atoms with Gasteiger partial charge in [-0.2, -0.15) is 0 Å². The Morgan fingerprint density at radius 2 is 1.84 bits per heavy atom. The lowest BCUT2D eigenvalue weighted by molar-refractivity contribution is 0.0303. The van der Waals surface area contributed by atoms with Gasteiger partial charge in [0.05, 0.1) is 24.5 Å². The summed E-state index contributed by atoms with van der Waals surface area (Å²) >= 11 is 0. The molecule has 6 nitrogen and oxygen atoms in total. The van der Waals surface area contributed by atoms with Crippen LogP contribution in [0.1, 0.15) is 43.5 Å². The molecule has 2 aliphatic rings. The van der Waals surface area contributed by atoms with Gasteiger partial charge in [-0.1, -0.05) is 18.6 Å². The molecule has 3 rings (SSSR count). The highest BCUT2D eigenvalue weighted by atomic mass is 16.5. The molecule has 1 aromatic rings. The number of nitrogens with zero attached hydrogens (tertiary/aromatic N) is 1. The Morgan fingerprint density at radius 1 is 1.16 bits per heavy atom. The summed E-state index contributed by atoms with van der Waals surface area (Å²) in [5.74, 6) is 0.445. The lowest BCUT2D eigenvalue weighted by atomic mass is 9.73. The Bertz CT molecular complexity index is 635. The van der Waals surface area contributed by atoms with Gasteiger partial charge in [0.1, 0.15) is 0 Å². The first-order valence-corrected chi connectivity index (χ1v) is 9.02. The molecule has 0 radical (unpaired) electrons. The highest BCUT2D eigenvalue weighted by molar-refractivity contribution is 6.03. The van der Waals surface area contributed by atoms with Crippen LogP contribution in [-0.4, -0.2) is 48.7 Å². The molecule has 0 atom stereocenters. The van der Waals surface area contributed by atoms with Crippen molar-refractivity contribution in [3.05, 3.63) is 29.8 Å². The first kappa shape index (κ1) is 17.7. The molecule has 1 saturated carbocycles. The number of ether oxygens (including phenoxy) is 1. The van der Waals surface area contributed by atoms with Crippen LogP contribution < -0.4 is 10.6 Å². The zero-order valence-corrected chi connectivity index (χ0v) is 15.0.